The minimum atomic E-state index is -0.882. The molecule has 0 fully saturated rings. The molecule has 0 aromatic heterocycles. The molecule has 0 atom stereocenters. The lowest BCUT2D eigenvalue weighted by molar-refractivity contribution is -0.131. The third-order valence-corrected chi connectivity index (χ3v) is 0.634. The quantitative estimate of drug-likeness (QED) is 0.527. The smallest absolute Gasteiger partial charge is 0.329 e. The molecule has 0 aliphatic rings. The minimum Gasteiger partial charge on any atom is -0.478 e. The van der Waals surface area contributed by atoms with E-state index in [0.29, 0.717) is 0 Å². The first-order chi connectivity index (χ1) is 3.13. The van der Waals surface area contributed by atoms with Gasteiger partial charge >= 0.3 is 5.97 Å². The van der Waals surface area contributed by atoms with E-state index in [1.165, 1.54) is 0 Å². The van der Waals surface area contributed by atoms with Crippen molar-refractivity contribution in [1.82, 2.24) is 0 Å². The van der Waals surface area contributed by atoms with E-state index in [1.807, 2.05) is 22.6 Å². The molecular weight excluding hydrogens is 207 g/mol. The third kappa shape index (κ3) is 5.94. The van der Waals surface area contributed by atoms with Crippen molar-refractivity contribution < 1.29 is 9.90 Å². The topological polar surface area (TPSA) is 37.3 Å². The van der Waals surface area contributed by atoms with Gasteiger partial charge in [0.05, 0.1) is 0 Å². The Morgan fingerprint density at radius 3 is 2.29 bits per heavy atom. The van der Waals surface area contributed by atoms with Gasteiger partial charge in [-0.3, -0.25) is 0 Å². The molecule has 0 radical (unpaired) electrons. The molecule has 0 amide bonds. The van der Waals surface area contributed by atoms with E-state index in [0.717, 1.165) is 9.66 Å². The number of halogens is 1. The highest BCUT2D eigenvalue weighted by Gasteiger charge is 1.85. The first kappa shape index (κ1) is 6.94. The molecule has 0 saturated carbocycles. The van der Waals surface area contributed by atoms with Gasteiger partial charge in [-0.2, -0.15) is 0 Å². The highest BCUT2D eigenvalue weighted by atomic mass is 127. The van der Waals surface area contributed by atoms with Crippen molar-refractivity contribution >= 4 is 28.6 Å². The second kappa shape index (κ2) is 3.01. The van der Waals surface area contributed by atoms with Crippen LogP contribution in [0.25, 0.3) is 0 Å². The second-order valence-corrected chi connectivity index (χ2v) is 2.77. The van der Waals surface area contributed by atoms with Crippen molar-refractivity contribution in [3.8, 4) is 0 Å². The van der Waals surface area contributed by atoms with Gasteiger partial charge in [0, 0.05) is 6.08 Å². The first-order valence-electron chi connectivity index (χ1n) is 1.69. The molecule has 7 heavy (non-hydrogen) atoms. The summed E-state index contributed by atoms with van der Waals surface area (Å²) in [6, 6.07) is 0. The van der Waals surface area contributed by atoms with Gasteiger partial charge in [-0.1, -0.05) is 0 Å². The Morgan fingerprint density at radius 1 is 1.86 bits per heavy atom. The van der Waals surface area contributed by atoms with E-state index in [2.05, 4.69) is 0 Å². The summed E-state index contributed by atoms with van der Waals surface area (Å²) in [5.41, 5.74) is 0. The lowest BCUT2D eigenvalue weighted by Crippen LogP contribution is -1.85. The summed E-state index contributed by atoms with van der Waals surface area (Å²) < 4.78 is 0.783. The van der Waals surface area contributed by atoms with Crippen LogP contribution in [0.5, 0.6) is 0 Å². The van der Waals surface area contributed by atoms with E-state index in [9.17, 15) is 4.79 Å². The van der Waals surface area contributed by atoms with Crippen LogP contribution in [0.4, 0.5) is 0 Å². The number of rotatable bonds is 1. The number of carbonyl (C=O) groups is 1. The van der Waals surface area contributed by atoms with Gasteiger partial charge in [-0.15, -0.1) is 0 Å². The molecule has 0 spiro atoms. The van der Waals surface area contributed by atoms with Gasteiger partial charge in [-0.05, 0) is 33.1 Å². The van der Waals surface area contributed by atoms with Crippen LogP contribution in [0, 0.1) is 0 Å². The maximum atomic E-state index is 9.73. The summed E-state index contributed by atoms with van der Waals surface area (Å²) in [5.74, 6) is -0.882. The van der Waals surface area contributed by atoms with Crippen LogP contribution in [0.15, 0.2) is 9.66 Å². The summed E-state index contributed by atoms with van der Waals surface area (Å²) in [7, 11) is 0. The molecule has 0 aromatic rings. The zero-order valence-electron chi connectivity index (χ0n) is 3.81. The Labute approximate surface area is 55.4 Å². The van der Waals surface area contributed by atoms with Crippen molar-refractivity contribution in [3.63, 3.8) is 0 Å². The molecule has 0 saturated heterocycles. The minimum absolute atomic E-state index is 0.783. The number of carboxylic acid groups (broad SMARTS) is 1. The molecule has 0 aliphatic heterocycles. The molecule has 1 N–H and O–H groups in total. The van der Waals surface area contributed by atoms with Crippen molar-refractivity contribution in [2.24, 2.45) is 0 Å². The van der Waals surface area contributed by atoms with E-state index < -0.39 is 5.97 Å². The number of hydrogen-bond donors (Lipinski definition) is 1. The maximum absolute atomic E-state index is 9.73. The van der Waals surface area contributed by atoms with Crippen LogP contribution in [-0.2, 0) is 4.79 Å². The average Bonchev–Trinajstić information content (AvgIpc) is 1.27. The Balaban J connectivity index is 3.68. The molecule has 0 rings (SSSR count). The van der Waals surface area contributed by atoms with Crippen LogP contribution in [0.2, 0.25) is 0 Å². The number of aliphatic carboxylic acids is 1. The maximum Gasteiger partial charge on any atom is 0.329 e. The summed E-state index contributed by atoms with van der Waals surface area (Å²) in [6.07, 6.45) is 1.15. The Bertz CT molecular complexity index is 102. The predicted molar refractivity (Wildman–Crippen MR) is 35.4 cm³/mol. The molecule has 0 aliphatic carbocycles. The molecule has 2 nitrogen and oxygen atoms in total. The zero-order valence-corrected chi connectivity index (χ0v) is 5.97. The molecule has 0 aromatic carbocycles. The Morgan fingerprint density at radius 2 is 2.29 bits per heavy atom. The van der Waals surface area contributed by atoms with Gasteiger partial charge in [0.25, 0.3) is 0 Å². The third-order valence-electron chi connectivity index (χ3n) is 0.322. The molecule has 3 heteroatoms. The van der Waals surface area contributed by atoms with Gasteiger partial charge in [0.1, 0.15) is 0 Å². The van der Waals surface area contributed by atoms with Crippen molar-refractivity contribution in [2.45, 2.75) is 6.92 Å². The van der Waals surface area contributed by atoms with Gasteiger partial charge in [0.2, 0.25) is 0 Å². The lowest BCUT2D eigenvalue weighted by atomic mass is 10.5. The van der Waals surface area contributed by atoms with E-state index in [-0.39, 0.29) is 0 Å². The van der Waals surface area contributed by atoms with Gasteiger partial charge in [-0.25, -0.2) is 4.79 Å². The second-order valence-electron chi connectivity index (χ2n) is 1.07. The fourth-order valence-electron chi connectivity index (χ4n) is 0.170. The standard InChI is InChI=1S/C4H5IO2/c1-3(5)2-4(6)7/h2H,1H3,(H,6,7)/b3-2+. The normalized spacial score (nSPS) is 11.4. The Kier molecular flexibility index (Phi) is 2.98. The molecule has 40 valence electrons. The number of allylic oxidation sites excluding steroid dienone is 1. The van der Waals surface area contributed by atoms with E-state index in [1.54, 1.807) is 6.92 Å². The molecule has 0 unspecified atom stereocenters. The SMILES string of the molecule is C/C(I)=C\C(=O)O. The van der Waals surface area contributed by atoms with E-state index >= 15 is 0 Å². The predicted octanol–water partition coefficient (Wildman–Crippen LogP) is 1.41. The fourth-order valence-corrected chi connectivity index (χ4v) is 0.437. The van der Waals surface area contributed by atoms with Crippen LogP contribution in [0.3, 0.4) is 0 Å². The van der Waals surface area contributed by atoms with Gasteiger partial charge in [0.15, 0.2) is 0 Å². The largest absolute Gasteiger partial charge is 0.478 e. The van der Waals surface area contributed by atoms with Crippen LogP contribution in [-0.4, -0.2) is 11.1 Å². The van der Waals surface area contributed by atoms with E-state index in [4.69, 9.17) is 5.11 Å². The lowest BCUT2D eigenvalue weighted by Gasteiger charge is -1.77. The Hall–Kier alpha value is -0.0600. The average molecular weight is 212 g/mol. The van der Waals surface area contributed by atoms with Crippen LogP contribution in [0.1, 0.15) is 6.92 Å². The summed E-state index contributed by atoms with van der Waals surface area (Å²) in [4.78, 5) is 9.73. The fraction of sp³-hybridized carbons (Fsp3) is 0.250. The monoisotopic (exact) mass is 212 g/mol. The number of carboxylic acids is 1. The van der Waals surface area contributed by atoms with Crippen molar-refractivity contribution in [3.05, 3.63) is 9.66 Å². The van der Waals surface area contributed by atoms with Gasteiger partial charge < -0.3 is 5.11 Å². The molecule has 0 heterocycles. The first-order valence-corrected chi connectivity index (χ1v) is 2.77. The van der Waals surface area contributed by atoms with Crippen LogP contribution < -0.4 is 0 Å². The zero-order chi connectivity index (χ0) is 5.86. The van der Waals surface area contributed by atoms with Crippen molar-refractivity contribution in [2.75, 3.05) is 0 Å². The summed E-state index contributed by atoms with van der Waals surface area (Å²) in [6.45, 7) is 1.73. The highest BCUT2D eigenvalue weighted by Crippen LogP contribution is 2.00. The summed E-state index contributed by atoms with van der Waals surface area (Å²) in [5, 5.41) is 8.00. The highest BCUT2D eigenvalue weighted by molar-refractivity contribution is 14.1. The van der Waals surface area contributed by atoms with Crippen LogP contribution >= 0.6 is 22.6 Å². The molecular formula is C4H5IO2. The molecule has 0 bridgehead atoms. The van der Waals surface area contributed by atoms with Crippen molar-refractivity contribution in [1.29, 1.82) is 0 Å². The summed E-state index contributed by atoms with van der Waals surface area (Å²) >= 11 is 1.94. The number of hydrogen-bond acceptors (Lipinski definition) is 1.